The van der Waals surface area contributed by atoms with E-state index in [0.717, 1.165) is 25.9 Å². The molecule has 0 saturated carbocycles. The summed E-state index contributed by atoms with van der Waals surface area (Å²) in [5.41, 5.74) is 7.96. The molecule has 0 aliphatic carbocycles. The van der Waals surface area contributed by atoms with E-state index in [1.165, 1.54) is 11.1 Å². The van der Waals surface area contributed by atoms with Crippen molar-refractivity contribution in [2.75, 3.05) is 6.54 Å². The lowest BCUT2D eigenvalue weighted by Crippen LogP contribution is -2.16. The molecule has 1 rings (SSSR count). The summed E-state index contributed by atoms with van der Waals surface area (Å²) in [5, 5.41) is 14.7. The SMILES string of the molecule is Cc1ccc(CNCCCCC(N)=NO)cc1. The van der Waals surface area contributed by atoms with Gasteiger partial charge < -0.3 is 16.3 Å². The summed E-state index contributed by atoms with van der Waals surface area (Å²) >= 11 is 0. The van der Waals surface area contributed by atoms with E-state index in [0.29, 0.717) is 12.3 Å². The quantitative estimate of drug-likeness (QED) is 0.222. The van der Waals surface area contributed by atoms with E-state index in [-0.39, 0.29) is 0 Å². The molecule has 4 heteroatoms. The fraction of sp³-hybridized carbons (Fsp3) is 0.462. The van der Waals surface area contributed by atoms with Crippen LogP contribution in [0, 0.1) is 6.92 Å². The average Bonchev–Trinajstić information content (AvgIpc) is 2.35. The highest BCUT2D eigenvalue weighted by Gasteiger charge is 1.95. The van der Waals surface area contributed by atoms with Crippen molar-refractivity contribution in [3.05, 3.63) is 35.4 Å². The number of nitrogens with one attached hydrogen (secondary N) is 1. The molecular weight excluding hydrogens is 214 g/mol. The van der Waals surface area contributed by atoms with Crippen LogP contribution in [0.5, 0.6) is 0 Å². The molecule has 17 heavy (non-hydrogen) atoms. The predicted octanol–water partition coefficient (Wildman–Crippen LogP) is 2.00. The summed E-state index contributed by atoms with van der Waals surface area (Å²) in [6.45, 7) is 3.93. The van der Waals surface area contributed by atoms with Crippen molar-refractivity contribution in [2.24, 2.45) is 10.9 Å². The van der Waals surface area contributed by atoms with Gasteiger partial charge in [-0.25, -0.2) is 0 Å². The summed E-state index contributed by atoms with van der Waals surface area (Å²) in [4.78, 5) is 0. The minimum absolute atomic E-state index is 0.309. The van der Waals surface area contributed by atoms with Gasteiger partial charge in [-0.1, -0.05) is 35.0 Å². The number of rotatable bonds is 7. The number of amidine groups is 1. The van der Waals surface area contributed by atoms with Gasteiger partial charge in [-0.3, -0.25) is 0 Å². The maximum absolute atomic E-state index is 8.36. The second-order valence-electron chi connectivity index (χ2n) is 4.21. The zero-order valence-corrected chi connectivity index (χ0v) is 10.3. The largest absolute Gasteiger partial charge is 0.409 e. The topological polar surface area (TPSA) is 70.6 Å². The van der Waals surface area contributed by atoms with Crippen LogP contribution < -0.4 is 11.1 Å². The van der Waals surface area contributed by atoms with E-state index in [1.807, 2.05) is 0 Å². The van der Waals surface area contributed by atoms with Gasteiger partial charge in [0.25, 0.3) is 0 Å². The zero-order chi connectivity index (χ0) is 12.5. The molecule has 0 saturated heterocycles. The first-order valence-electron chi connectivity index (χ1n) is 5.95. The Bertz CT molecular complexity index is 346. The van der Waals surface area contributed by atoms with Crippen LogP contribution in [0.25, 0.3) is 0 Å². The molecule has 0 amide bonds. The number of unbranched alkanes of at least 4 members (excludes halogenated alkanes) is 1. The van der Waals surface area contributed by atoms with Gasteiger partial charge in [0, 0.05) is 13.0 Å². The van der Waals surface area contributed by atoms with E-state index in [9.17, 15) is 0 Å². The van der Waals surface area contributed by atoms with Crippen LogP contribution in [-0.4, -0.2) is 17.6 Å². The lowest BCUT2D eigenvalue weighted by molar-refractivity contribution is 0.316. The van der Waals surface area contributed by atoms with Crippen LogP contribution in [-0.2, 0) is 6.54 Å². The van der Waals surface area contributed by atoms with Gasteiger partial charge in [-0.2, -0.15) is 0 Å². The fourth-order valence-electron chi connectivity index (χ4n) is 1.54. The first-order valence-corrected chi connectivity index (χ1v) is 5.95. The minimum atomic E-state index is 0.309. The smallest absolute Gasteiger partial charge is 0.139 e. The van der Waals surface area contributed by atoms with Gasteiger partial charge in [-0.15, -0.1) is 0 Å². The molecule has 0 bridgehead atoms. The highest BCUT2D eigenvalue weighted by atomic mass is 16.4. The monoisotopic (exact) mass is 235 g/mol. The van der Waals surface area contributed by atoms with Crippen LogP contribution in [0.1, 0.15) is 30.4 Å². The Morgan fingerprint density at radius 2 is 2.00 bits per heavy atom. The molecule has 0 atom stereocenters. The molecule has 94 valence electrons. The van der Waals surface area contributed by atoms with Crippen molar-refractivity contribution in [3.63, 3.8) is 0 Å². The highest BCUT2D eigenvalue weighted by molar-refractivity contribution is 5.79. The molecule has 4 nitrogen and oxygen atoms in total. The van der Waals surface area contributed by atoms with Gasteiger partial charge >= 0.3 is 0 Å². The first-order chi connectivity index (χ1) is 8.22. The van der Waals surface area contributed by atoms with Gasteiger partial charge in [0.2, 0.25) is 0 Å². The van der Waals surface area contributed by atoms with E-state index in [1.54, 1.807) is 0 Å². The zero-order valence-electron chi connectivity index (χ0n) is 10.3. The Kier molecular flexibility index (Phi) is 6.10. The number of aryl methyl sites for hydroxylation is 1. The molecular formula is C13H21N3O. The lowest BCUT2D eigenvalue weighted by atomic mass is 10.1. The summed E-state index contributed by atoms with van der Waals surface area (Å²) in [6.07, 6.45) is 2.63. The standard InChI is InChI=1S/C13H21N3O/c1-11-5-7-12(8-6-11)10-15-9-3-2-4-13(14)16-17/h5-8,15,17H,2-4,9-10H2,1H3,(H2,14,16). The second-order valence-corrected chi connectivity index (χ2v) is 4.21. The van der Waals surface area contributed by atoms with Gasteiger partial charge in [0.1, 0.15) is 5.84 Å². The van der Waals surface area contributed by atoms with E-state index in [4.69, 9.17) is 10.9 Å². The number of benzene rings is 1. The Morgan fingerprint density at radius 3 is 2.65 bits per heavy atom. The average molecular weight is 235 g/mol. The van der Waals surface area contributed by atoms with Crippen molar-refractivity contribution < 1.29 is 5.21 Å². The maximum atomic E-state index is 8.36. The normalized spacial score (nSPS) is 11.7. The Morgan fingerprint density at radius 1 is 1.29 bits per heavy atom. The molecule has 0 heterocycles. The van der Waals surface area contributed by atoms with Crippen LogP contribution >= 0.6 is 0 Å². The molecule has 0 aliphatic rings. The van der Waals surface area contributed by atoms with Crippen LogP contribution in [0.3, 0.4) is 0 Å². The summed E-state index contributed by atoms with van der Waals surface area (Å²) in [6, 6.07) is 8.52. The molecule has 0 spiro atoms. The number of hydrogen-bond donors (Lipinski definition) is 3. The third-order valence-electron chi connectivity index (χ3n) is 2.61. The van der Waals surface area contributed by atoms with Crippen LogP contribution in [0.15, 0.2) is 29.4 Å². The molecule has 4 N–H and O–H groups in total. The van der Waals surface area contributed by atoms with Crippen molar-refractivity contribution >= 4 is 5.84 Å². The van der Waals surface area contributed by atoms with Crippen molar-refractivity contribution in [1.82, 2.24) is 5.32 Å². The number of oxime groups is 1. The Hall–Kier alpha value is -1.55. The Labute approximate surface area is 103 Å². The lowest BCUT2D eigenvalue weighted by Gasteiger charge is -2.05. The predicted molar refractivity (Wildman–Crippen MR) is 70.1 cm³/mol. The molecule has 1 aromatic rings. The minimum Gasteiger partial charge on any atom is -0.409 e. The van der Waals surface area contributed by atoms with E-state index < -0.39 is 0 Å². The number of nitrogens with two attached hydrogens (primary N) is 1. The summed E-state index contributed by atoms with van der Waals surface area (Å²) < 4.78 is 0. The molecule has 0 unspecified atom stereocenters. The third-order valence-corrected chi connectivity index (χ3v) is 2.61. The van der Waals surface area contributed by atoms with Crippen molar-refractivity contribution in [1.29, 1.82) is 0 Å². The first kappa shape index (κ1) is 13.5. The van der Waals surface area contributed by atoms with Gasteiger partial charge in [0.15, 0.2) is 0 Å². The fourth-order valence-corrected chi connectivity index (χ4v) is 1.54. The molecule has 0 aromatic heterocycles. The number of nitrogens with zero attached hydrogens (tertiary/aromatic N) is 1. The molecule has 0 radical (unpaired) electrons. The third kappa shape index (κ3) is 5.92. The molecule has 0 aliphatic heterocycles. The van der Waals surface area contributed by atoms with Gasteiger partial charge in [-0.05, 0) is 31.9 Å². The van der Waals surface area contributed by atoms with Crippen LogP contribution in [0.2, 0.25) is 0 Å². The molecule has 1 aromatic carbocycles. The van der Waals surface area contributed by atoms with E-state index >= 15 is 0 Å². The van der Waals surface area contributed by atoms with Gasteiger partial charge in [0.05, 0.1) is 0 Å². The summed E-state index contributed by atoms with van der Waals surface area (Å²) in [7, 11) is 0. The number of hydrogen-bond acceptors (Lipinski definition) is 3. The highest BCUT2D eigenvalue weighted by Crippen LogP contribution is 2.02. The molecule has 0 fully saturated rings. The van der Waals surface area contributed by atoms with Crippen LogP contribution in [0.4, 0.5) is 0 Å². The maximum Gasteiger partial charge on any atom is 0.139 e. The Balaban J connectivity index is 2.06. The second kappa shape index (κ2) is 7.68. The summed E-state index contributed by atoms with van der Waals surface area (Å²) in [5.74, 6) is 0.309. The van der Waals surface area contributed by atoms with Crippen molar-refractivity contribution in [2.45, 2.75) is 32.7 Å². The van der Waals surface area contributed by atoms with E-state index in [2.05, 4.69) is 41.7 Å². The van der Waals surface area contributed by atoms with Crippen molar-refractivity contribution in [3.8, 4) is 0 Å².